The summed E-state index contributed by atoms with van der Waals surface area (Å²) in [5.41, 5.74) is 2.41. The first-order valence-corrected chi connectivity index (χ1v) is 10.5. The van der Waals surface area contributed by atoms with Crippen molar-refractivity contribution in [2.24, 2.45) is 0 Å². The Bertz CT molecular complexity index is 1050. The summed E-state index contributed by atoms with van der Waals surface area (Å²) in [5, 5.41) is 10.5. The maximum Gasteiger partial charge on any atom is 0.255 e. The van der Waals surface area contributed by atoms with E-state index in [1.54, 1.807) is 36.4 Å². The molecular formula is C18H14IN3O3S. The van der Waals surface area contributed by atoms with Crippen molar-refractivity contribution in [2.45, 2.75) is 5.03 Å². The second kappa shape index (κ2) is 7.50. The van der Waals surface area contributed by atoms with Crippen molar-refractivity contribution in [3.05, 3.63) is 69.8 Å². The highest BCUT2D eigenvalue weighted by molar-refractivity contribution is 14.1. The van der Waals surface area contributed by atoms with Crippen LogP contribution in [0.4, 0.5) is 5.69 Å². The second-order valence-electron chi connectivity index (χ2n) is 5.57. The van der Waals surface area contributed by atoms with Crippen LogP contribution in [0.5, 0.6) is 0 Å². The van der Waals surface area contributed by atoms with Crippen molar-refractivity contribution < 1.29 is 13.2 Å². The van der Waals surface area contributed by atoms with Gasteiger partial charge in [0.2, 0.25) is 0 Å². The van der Waals surface area contributed by atoms with Crippen LogP contribution in [0, 0.1) is 3.57 Å². The number of aromatic nitrogens is 2. The fourth-order valence-electron chi connectivity index (χ4n) is 2.23. The Kier molecular flexibility index (Phi) is 5.33. The fourth-order valence-corrected chi connectivity index (χ4v) is 3.10. The first kappa shape index (κ1) is 18.5. The standard InChI is InChI=1S/C18H14IN3O3S/c1-26(24,25)17-10-9-16(21-22-17)13-3-2-4-15(11-13)20-18(23)12-5-7-14(19)8-6-12/h2-11H,1H3,(H,20,23). The molecule has 0 aliphatic heterocycles. The summed E-state index contributed by atoms with van der Waals surface area (Å²) in [7, 11) is -3.39. The Balaban J connectivity index is 1.82. The number of halogens is 1. The Morgan fingerprint density at radius 3 is 2.35 bits per heavy atom. The third kappa shape index (κ3) is 4.44. The lowest BCUT2D eigenvalue weighted by molar-refractivity contribution is 0.102. The van der Waals surface area contributed by atoms with Gasteiger partial charge in [-0.2, -0.15) is 0 Å². The highest BCUT2D eigenvalue weighted by Gasteiger charge is 2.11. The van der Waals surface area contributed by atoms with Crippen LogP contribution in [-0.4, -0.2) is 30.8 Å². The van der Waals surface area contributed by atoms with Gasteiger partial charge < -0.3 is 5.32 Å². The minimum absolute atomic E-state index is 0.0792. The maximum atomic E-state index is 12.3. The molecule has 0 bridgehead atoms. The van der Waals surface area contributed by atoms with Crippen molar-refractivity contribution in [1.29, 1.82) is 0 Å². The molecule has 0 spiro atoms. The molecule has 0 saturated carbocycles. The first-order chi connectivity index (χ1) is 12.3. The topological polar surface area (TPSA) is 89.0 Å². The third-order valence-corrected chi connectivity index (χ3v) is 5.24. The lowest BCUT2D eigenvalue weighted by Gasteiger charge is -2.08. The maximum absolute atomic E-state index is 12.3. The number of anilines is 1. The molecule has 26 heavy (non-hydrogen) atoms. The number of hydrogen-bond donors (Lipinski definition) is 1. The highest BCUT2D eigenvalue weighted by atomic mass is 127. The van der Waals surface area contributed by atoms with E-state index in [-0.39, 0.29) is 10.9 Å². The van der Waals surface area contributed by atoms with Gasteiger partial charge in [0.1, 0.15) is 0 Å². The molecule has 1 heterocycles. The van der Waals surface area contributed by atoms with Gasteiger partial charge in [0, 0.05) is 26.6 Å². The van der Waals surface area contributed by atoms with E-state index in [0.29, 0.717) is 16.9 Å². The van der Waals surface area contributed by atoms with E-state index in [9.17, 15) is 13.2 Å². The highest BCUT2D eigenvalue weighted by Crippen LogP contribution is 2.21. The van der Waals surface area contributed by atoms with E-state index in [4.69, 9.17) is 0 Å². The monoisotopic (exact) mass is 479 g/mol. The number of rotatable bonds is 4. The molecule has 1 N–H and O–H groups in total. The minimum atomic E-state index is -3.39. The van der Waals surface area contributed by atoms with Gasteiger partial charge in [-0.1, -0.05) is 12.1 Å². The summed E-state index contributed by atoms with van der Waals surface area (Å²) in [6.45, 7) is 0. The number of sulfone groups is 1. The molecule has 0 fully saturated rings. The van der Waals surface area contributed by atoms with Crippen molar-refractivity contribution in [2.75, 3.05) is 11.6 Å². The molecule has 132 valence electrons. The number of carbonyl (C=O) groups excluding carboxylic acids is 1. The van der Waals surface area contributed by atoms with Gasteiger partial charge in [0.15, 0.2) is 14.9 Å². The average Bonchev–Trinajstić information content (AvgIpc) is 2.62. The van der Waals surface area contributed by atoms with Crippen molar-refractivity contribution in [3.8, 4) is 11.3 Å². The van der Waals surface area contributed by atoms with Gasteiger partial charge in [-0.05, 0) is 71.1 Å². The molecule has 3 rings (SSSR count). The van der Waals surface area contributed by atoms with Crippen LogP contribution < -0.4 is 5.32 Å². The molecule has 0 aliphatic rings. The van der Waals surface area contributed by atoms with Gasteiger partial charge in [-0.15, -0.1) is 10.2 Å². The largest absolute Gasteiger partial charge is 0.322 e. The van der Waals surface area contributed by atoms with Gasteiger partial charge in [0.05, 0.1) is 5.69 Å². The normalized spacial score (nSPS) is 11.2. The van der Waals surface area contributed by atoms with Crippen LogP contribution in [0.2, 0.25) is 0 Å². The van der Waals surface area contributed by atoms with Crippen LogP contribution in [0.3, 0.4) is 0 Å². The first-order valence-electron chi connectivity index (χ1n) is 7.54. The third-order valence-electron chi connectivity index (χ3n) is 3.54. The van der Waals surface area contributed by atoms with Crippen molar-refractivity contribution >= 4 is 44.0 Å². The summed E-state index contributed by atoms with van der Waals surface area (Å²) in [6.07, 6.45) is 1.08. The smallest absolute Gasteiger partial charge is 0.255 e. The molecule has 8 heteroatoms. The lowest BCUT2D eigenvalue weighted by atomic mass is 10.1. The Morgan fingerprint density at radius 2 is 1.73 bits per heavy atom. The van der Waals surface area contributed by atoms with Crippen LogP contribution in [0.25, 0.3) is 11.3 Å². The SMILES string of the molecule is CS(=O)(=O)c1ccc(-c2cccc(NC(=O)c3ccc(I)cc3)c2)nn1. The summed E-state index contributed by atoms with van der Waals surface area (Å²) in [6, 6.07) is 17.4. The quantitative estimate of drug-likeness (QED) is 0.580. The zero-order valence-electron chi connectivity index (χ0n) is 13.7. The molecule has 6 nitrogen and oxygen atoms in total. The van der Waals surface area contributed by atoms with E-state index in [2.05, 4.69) is 38.1 Å². The number of carbonyl (C=O) groups is 1. The summed E-state index contributed by atoms with van der Waals surface area (Å²) >= 11 is 2.18. The Morgan fingerprint density at radius 1 is 1.00 bits per heavy atom. The number of amides is 1. The molecule has 3 aromatic rings. The zero-order chi connectivity index (χ0) is 18.7. The molecule has 0 aliphatic carbocycles. The molecule has 0 saturated heterocycles. The summed E-state index contributed by atoms with van der Waals surface area (Å²) in [4.78, 5) is 12.3. The van der Waals surface area contributed by atoms with E-state index in [1.165, 1.54) is 6.07 Å². The van der Waals surface area contributed by atoms with E-state index in [1.807, 2.05) is 18.2 Å². The number of hydrogen-bond acceptors (Lipinski definition) is 5. The molecular weight excluding hydrogens is 465 g/mol. The molecule has 0 atom stereocenters. The van der Waals surface area contributed by atoms with Crippen LogP contribution in [-0.2, 0) is 9.84 Å². The molecule has 2 aromatic carbocycles. The van der Waals surface area contributed by atoms with Crippen molar-refractivity contribution in [3.63, 3.8) is 0 Å². The predicted molar refractivity (Wildman–Crippen MR) is 108 cm³/mol. The molecule has 0 radical (unpaired) electrons. The van der Waals surface area contributed by atoms with Crippen LogP contribution in [0.15, 0.2) is 65.7 Å². The lowest BCUT2D eigenvalue weighted by Crippen LogP contribution is -2.11. The van der Waals surface area contributed by atoms with Crippen LogP contribution >= 0.6 is 22.6 Å². The van der Waals surface area contributed by atoms with Crippen molar-refractivity contribution in [1.82, 2.24) is 10.2 Å². The van der Waals surface area contributed by atoms with E-state index < -0.39 is 9.84 Å². The zero-order valence-corrected chi connectivity index (χ0v) is 16.7. The molecule has 1 aromatic heterocycles. The minimum Gasteiger partial charge on any atom is -0.322 e. The van der Waals surface area contributed by atoms with Gasteiger partial charge >= 0.3 is 0 Å². The molecule has 1 amide bonds. The predicted octanol–water partition coefficient (Wildman–Crippen LogP) is 3.40. The van der Waals surface area contributed by atoms with Gasteiger partial charge in [-0.3, -0.25) is 4.79 Å². The van der Waals surface area contributed by atoms with Gasteiger partial charge in [-0.25, -0.2) is 8.42 Å². The molecule has 0 unspecified atom stereocenters. The number of nitrogens with one attached hydrogen (secondary N) is 1. The van der Waals surface area contributed by atoms with E-state index in [0.717, 1.165) is 15.4 Å². The Hall–Kier alpha value is -2.33. The number of benzene rings is 2. The second-order valence-corrected chi connectivity index (χ2v) is 8.78. The van der Waals surface area contributed by atoms with Gasteiger partial charge in [0.25, 0.3) is 5.91 Å². The summed E-state index contributed by atoms with van der Waals surface area (Å²) in [5.74, 6) is -0.211. The average molecular weight is 479 g/mol. The Labute approximate surface area is 164 Å². The summed E-state index contributed by atoms with van der Waals surface area (Å²) < 4.78 is 24.0. The van der Waals surface area contributed by atoms with Crippen LogP contribution in [0.1, 0.15) is 10.4 Å². The fraction of sp³-hybridized carbons (Fsp3) is 0.0556. The number of nitrogens with zero attached hydrogens (tertiary/aromatic N) is 2. The van der Waals surface area contributed by atoms with E-state index >= 15 is 0 Å².